The van der Waals surface area contributed by atoms with Gasteiger partial charge in [-0.05, 0) is 43.7 Å². The van der Waals surface area contributed by atoms with E-state index in [2.05, 4.69) is 21.3 Å². The van der Waals surface area contributed by atoms with Crippen molar-refractivity contribution >= 4 is 17.2 Å². The summed E-state index contributed by atoms with van der Waals surface area (Å²) in [6, 6.07) is 16.1. The Labute approximate surface area is 156 Å². The van der Waals surface area contributed by atoms with Crippen molar-refractivity contribution in [1.29, 1.82) is 0 Å². The number of hydrogen-bond donors (Lipinski definition) is 2. The van der Waals surface area contributed by atoms with Crippen molar-refractivity contribution in [1.82, 2.24) is 9.38 Å². The highest BCUT2D eigenvalue weighted by Gasteiger charge is 2.17. The Bertz CT molecular complexity index is 1180. The predicted molar refractivity (Wildman–Crippen MR) is 104 cm³/mol. The first-order valence-electron chi connectivity index (χ1n) is 8.52. The number of fused-ring (bicyclic) bond motifs is 1. The summed E-state index contributed by atoms with van der Waals surface area (Å²) in [6.07, 6.45) is 1.77. The van der Waals surface area contributed by atoms with E-state index >= 15 is 0 Å². The highest BCUT2D eigenvalue weighted by Crippen LogP contribution is 2.37. The number of aromatic hydroxyl groups is 2. The molecule has 2 aromatic carbocycles. The number of hydrogen-bond acceptors (Lipinski definition) is 5. The number of rotatable bonds is 3. The summed E-state index contributed by atoms with van der Waals surface area (Å²) in [5.41, 5.74) is 4.50. The molecule has 6 heteroatoms. The van der Waals surface area contributed by atoms with Gasteiger partial charge >= 0.3 is 0 Å². The van der Waals surface area contributed by atoms with Crippen LogP contribution >= 0.6 is 0 Å². The molecule has 4 rings (SSSR count). The first kappa shape index (κ1) is 16.8. The van der Waals surface area contributed by atoms with Gasteiger partial charge < -0.3 is 10.2 Å². The Morgan fingerprint density at radius 2 is 1.67 bits per heavy atom. The monoisotopic (exact) mass is 358 g/mol. The molecule has 0 saturated carbocycles. The van der Waals surface area contributed by atoms with Gasteiger partial charge in [-0.3, -0.25) is 4.40 Å². The lowest BCUT2D eigenvalue weighted by Crippen LogP contribution is -1.86. The van der Waals surface area contributed by atoms with Crippen LogP contribution in [-0.4, -0.2) is 19.6 Å². The van der Waals surface area contributed by atoms with Crippen LogP contribution in [0.3, 0.4) is 0 Å². The van der Waals surface area contributed by atoms with Crippen molar-refractivity contribution in [3.05, 3.63) is 71.9 Å². The Balaban J connectivity index is 1.95. The zero-order chi connectivity index (χ0) is 19.0. The molecule has 0 spiro atoms. The first-order valence-corrected chi connectivity index (χ1v) is 8.52. The fourth-order valence-electron chi connectivity index (χ4n) is 3.05. The highest BCUT2D eigenvalue weighted by molar-refractivity contribution is 5.78. The molecule has 2 heterocycles. The van der Waals surface area contributed by atoms with Gasteiger partial charge in [0.25, 0.3) is 0 Å². The second-order valence-electron chi connectivity index (χ2n) is 6.38. The van der Waals surface area contributed by atoms with Crippen LogP contribution in [0.1, 0.15) is 11.1 Å². The minimum Gasteiger partial charge on any atom is -0.506 e. The minimum absolute atomic E-state index is 0.0472. The maximum atomic E-state index is 10.2. The number of para-hydroxylation sites is 1. The molecule has 0 radical (unpaired) electrons. The summed E-state index contributed by atoms with van der Waals surface area (Å²) < 4.78 is 1.69. The fraction of sp³-hybridized carbons (Fsp3) is 0.0952. The van der Waals surface area contributed by atoms with Gasteiger partial charge in [-0.25, -0.2) is 4.98 Å². The van der Waals surface area contributed by atoms with E-state index < -0.39 is 0 Å². The maximum Gasteiger partial charge on any atom is 0.187 e. The van der Waals surface area contributed by atoms with Gasteiger partial charge in [0.1, 0.15) is 17.1 Å². The van der Waals surface area contributed by atoms with E-state index in [0.29, 0.717) is 22.8 Å². The van der Waals surface area contributed by atoms with E-state index in [1.54, 1.807) is 47.0 Å². The second kappa shape index (κ2) is 6.57. The molecule has 0 aliphatic rings. The van der Waals surface area contributed by atoms with Gasteiger partial charge in [-0.1, -0.05) is 35.9 Å². The van der Waals surface area contributed by atoms with Crippen molar-refractivity contribution in [2.45, 2.75) is 13.8 Å². The van der Waals surface area contributed by atoms with E-state index in [1.165, 1.54) is 0 Å². The number of nitrogens with zero attached hydrogens (tertiary/aromatic N) is 4. The molecule has 0 bridgehead atoms. The van der Waals surface area contributed by atoms with Gasteiger partial charge in [-0.15, -0.1) is 10.2 Å². The predicted octanol–water partition coefficient (Wildman–Crippen LogP) is 5.44. The van der Waals surface area contributed by atoms with Crippen LogP contribution in [0, 0.1) is 13.8 Å². The smallest absolute Gasteiger partial charge is 0.187 e. The summed E-state index contributed by atoms with van der Waals surface area (Å²) in [5.74, 6) is 0.592. The molecule has 6 nitrogen and oxygen atoms in total. The van der Waals surface area contributed by atoms with Gasteiger partial charge in [0.2, 0.25) is 0 Å². The number of phenols is 1. The highest BCUT2D eigenvalue weighted by atomic mass is 16.3. The molecule has 0 aliphatic carbocycles. The number of aromatic nitrogens is 2. The van der Waals surface area contributed by atoms with E-state index in [4.69, 9.17) is 0 Å². The maximum absolute atomic E-state index is 10.2. The molecule has 0 atom stereocenters. The van der Waals surface area contributed by atoms with Gasteiger partial charge in [0.15, 0.2) is 17.2 Å². The van der Waals surface area contributed by atoms with E-state index in [0.717, 1.165) is 16.7 Å². The third-order valence-corrected chi connectivity index (χ3v) is 4.38. The molecular weight excluding hydrogens is 340 g/mol. The first-order chi connectivity index (χ1) is 13.0. The van der Waals surface area contributed by atoms with Crippen molar-refractivity contribution in [3.63, 3.8) is 0 Å². The van der Waals surface area contributed by atoms with Crippen LogP contribution in [0.25, 0.3) is 16.9 Å². The molecule has 134 valence electrons. The third-order valence-electron chi connectivity index (χ3n) is 4.38. The molecule has 0 unspecified atom stereocenters. The minimum atomic E-state index is 0.0472. The number of pyridine rings is 1. The lowest BCUT2D eigenvalue weighted by molar-refractivity contribution is 0.476. The SMILES string of the molecule is Cc1ccc(-c2nc3c(O)cccn3c2N=Nc2ccccc2O)c(C)c1. The molecule has 0 saturated heterocycles. The van der Waals surface area contributed by atoms with Crippen LogP contribution in [0.2, 0.25) is 0 Å². The van der Waals surface area contributed by atoms with Crippen LogP contribution in [0.15, 0.2) is 71.0 Å². The van der Waals surface area contributed by atoms with E-state index in [-0.39, 0.29) is 11.5 Å². The Kier molecular flexibility index (Phi) is 4.08. The number of phenolic OH excluding ortho intramolecular Hbond substituents is 1. The van der Waals surface area contributed by atoms with Crippen LogP contribution in [-0.2, 0) is 0 Å². The quantitative estimate of drug-likeness (QED) is 0.478. The topological polar surface area (TPSA) is 82.5 Å². The number of imidazole rings is 1. The average molecular weight is 358 g/mol. The molecule has 0 aliphatic heterocycles. The zero-order valence-electron chi connectivity index (χ0n) is 15.0. The second-order valence-corrected chi connectivity index (χ2v) is 6.38. The molecule has 4 aromatic rings. The Morgan fingerprint density at radius 3 is 2.44 bits per heavy atom. The molecule has 0 amide bonds. The normalized spacial score (nSPS) is 11.5. The number of aryl methyl sites for hydroxylation is 2. The third kappa shape index (κ3) is 3.01. The van der Waals surface area contributed by atoms with Gasteiger partial charge in [0, 0.05) is 11.8 Å². The van der Waals surface area contributed by atoms with Crippen LogP contribution < -0.4 is 0 Å². The van der Waals surface area contributed by atoms with Crippen molar-refractivity contribution in [2.75, 3.05) is 0 Å². The Morgan fingerprint density at radius 1 is 0.889 bits per heavy atom. The van der Waals surface area contributed by atoms with E-state index in [9.17, 15) is 10.2 Å². The van der Waals surface area contributed by atoms with Gasteiger partial charge in [-0.2, -0.15) is 0 Å². The number of azo groups is 1. The molecule has 2 aromatic heterocycles. The lowest BCUT2D eigenvalue weighted by atomic mass is 10.0. The molecule has 0 fully saturated rings. The Hall–Kier alpha value is -3.67. The summed E-state index contributed by atoms with van der Waals surface area (Å²) in [5, 5.41) is 28.7. The van der Waals surface area contributed by atoms with Crippen molar-refractivity contribution < 1.29 is 10.2 Å². The van der Waals surface area contributed by atoms with E-state index in [1.807, 2.05) is 26.0 Å². The largest absolute Gasteiger partial charge is 0.506 e. The molecule has 2 N–H and O–H groups in total. The number of benzene rings is 2. The van der Waals surface area contributed by atoms with Crippen molar-refractivity contribution in [3.8, 4) is 22.8 Å². The molecular formula is C21H18N4O2. The summed E-state index contributed by atoms with van der Waals surface area (Å²) in [6.45, 7) is 4.04. The van der Waals surface area contributed by atoms with Gasteiger partial charge in [0.05, 0.1) is 0 Å². The average Bonchev–Trinajstić information content (AvgIpc) is 3.01. The standard InChI is InChI=1S/C21H18N4O2/c1-13-9-10-15(14(2)12-13)19-21(24-23-16-6-3-4-7-17(16)26)25-11-5-8-18(27)20(25)22-19/h3-12,26-27H,1-2H3. The molecule has 27 heavy (non-hydrogen) atoms. The summed E-state index contributed by atoms with van der Waals surface area (Å²) >= 11 is 0. The zero-order valence-corrected chi connectivity index (χ0v) is 15.0. The lowest BCUT2D eigenvalue weighted by Gasteiger charge is -2.05. The summed E-state index contributed by atoms with van der Waals surface area (Å²) in [7, 11) is 0. The van der Waals surface area contributed by atoms with Crippen LogP contribution in [0.4, 0.5) is 11.5 Å². The fourth-order valence-corrected chi connectivity index (χ4v) is 3.05. The van der Waals surface area contributed by atoms with Crippen LogP contribution in [0.5, 0.6) is 11.5 Å². The summed E-state index contributed by atoms with van der Waals surface area (Å²) in [4.78, 5) is 4.60. The van der Waals surface area contributed by atoms with Crippen molar-refractivity contribution in [2.24, 2.45) is 10.2 Å².